The summed E-state index contributed by atoms with van der Waals surface area (Å²) in [4.78, 5) is 12.2. The van der Waals surface area contributed by atoms with E-state index < -0.39 is 0 Å². The third-order valence-electron chi connectivity index (χ3n) is 3.41. The summed E-state index contributed by atoms with van der Waals surface area (Å²) in [5.74, 6) is -0.0966. The van der Waals surface area contributed by atoms with Crippen LogP contribution in [-0.4, -0.2) is 5.91 Å². The van der Waals surface area contributed by atoms with Crippen molar-refractivity contribution in [3.63, 3.8) is 0 Å². The van der Waals surface area contributed by atoms with Gasteiger partial charge in [0.05, 0.1) is 0 Å². The maximum atomic E-state index is 12.2. The molecule has 0 unspecified atom stereocenters. The number of hydrogen-bond donors (Lipinski definition) is 1. The Kier molecular flexibility index (Phi) is 3.89. The number of fused-ring (bicyclic) bond motifs is 1. The highest BCUT2D eigenvalue weighted by Crippen LogP contribution is 2.17. The van der Waals surface area contributed by atoms with Crippen LogP contribution in [0.4, 0.5) is 0 Å². The van der Waals surface area contributed by atoms with Gasteiger partial charge in [0.2, 0.25) is 0 Å². The van der Waals surface area contributed by atoms with Crippen LogP contribution in [0.3, 0.4) is 0 Å². The fourth-order valence-electron chi connectivity index (χ4n) is 2.25. The van der Waals surface area contributed by atoms with E-state index >= 15 is 0 Å². The van der Waals surface area contributed by atoms with E-state index in [1.54, 1.807) is 0 Å². The van der Waals surface area contributed by atoms with Crippen molar-refractivity contribution < 1.29 is 4.79 Å². The largest absolute Gasteiger partial charge is 0.348 e. The molecular weight excluding hydrogens is 282 g/mol. The van der Waals surface area contributed by atoms with Crippen LogP contribution in [0.2, 0.25) is 5.02 Å². The Bertz CT molecular complexity index is 798. The summed E-state index contributed by atoms with van der Waals surface area (Å²) in [6.07, 6.45) is 0. The number of nitrogens with one attached hydrogen (secondary N) is 1. The first-order valence-corrected chi connectivity index (χ1v) is 7.12. The van der Waals surface area contributed by atoms with Gasteiger partial charge in [0.1, 0.15) is 0 Å². The van der Waals surface area contributed by atoms with Crippen LogP contribution >= 0.6 is 11.6 Å². The molecule has 0 fully saturated rings. The molecule has 0 aromatic heterocycles. The topological polar surface area (TPSA) is 29.1 Å². The number of benzene rings is 3. The quantitative estimate of drug-likeness (QED) is 0.761. The van der Waals surface area contributed by atoms with Crippen molar-refractivity contribution in [1.29, 1.82) is 0 Å². The average Bonchev–Trinajstić information content (AvgIpc) is 2.53. The van der Waals surface area contributed by atoms with Gasteiger partial charge in [0.15, 0.2) is 0 Å². The first kappa shape index (κ1) is 13.7. The molecule has 0 saturated carbocycles. The van der Waals surface area contributed by atoms with E-state index in [1.807, 2.05) is 66.7 Å². The van der Waals surface area contributed by atoms with Crippen LogP contribution in [-0.2, 0) is 6.54 Å². The molecule has 0 radical (unpaired) electrons. The molecule has 1 N–H and O–H groups in total. The van der Waals surface area contributed by atoms with Gasteiger partial charge in [-0.25, -0.2) is 0 Å². The summed E-state index contributed by atoms with van der Waals surface area (Å²) in [5.41, 5.74) is 1.56. The molecule has 3 heteroatoms. The van der Waals surface area contributed by atoms with Gasteiger partial charge in [-0.1, -0.05) is 60.1 Å². The molecule has 2 nitrogen and oxygen atoms in total. The van der Waals surface area contributed by atoms with Gasteiger partial charge < -0.3 is 5.32 Å². The molecule has 21 heavy (non-hydrogen) atoms. The van der Waals surface area contributed by atoms with Gasteiger partial charge in [-0.2, -0.15) is 0 Å². The fourth-order valence-corrected chi connectivity index (χ4v) is 2.45. The molecule has 0 aliphatic heterocycles. The van der Waals surface area contributed by atoms with Crippen molar-refractivity contribution in [3.05, 3.63) is 82.9 Å². The lowest BCUT2D eigenvalue weighted by Gasteiger charge is -2.07. The number of carbonyl (C=O) groups is 1. The fraction of sp³-hybridized carbons (Fsp3) is 0.0556. The summed E-state index contributed by atoms with van der Waals surface area (Å²) in [5, 5.41) is 5.74. The molecular formula is C18H14ClNO. The Morgan fingerprint density at radius 3 is 2.43 bits per heavy atom. The molecule has 0 aliphatic carbocycles. The van der Waals surface area contributed by atoms with Crippen LogP contribution in [0.1, 0.15) is 15.9 Å². The predicted octanol–water partition coefficient (Wildman–Crippen LogP) is 4.42. The van der Waals surface area contributed by atoms with E-state index in [4.69, 9.17) is 11.6 Å². The highest BCUT2D eigenvalue weighted by atomic mass is 35.5. The Morgan fingerprint density at radius 1 is 0.905 bits per heavy atom. The summed E-state index contributed by atoms with van der Waals surface area (Å²) in [7, 11) is 0. The predicted molar refractivity (Wildman–Crippen MR) is 86.6 cm³/mol. The standard InChI is InChI=1S/C18H14ClNO/c19-17-8-4-3-7-16(17)12-20-18(21)15-10-9-13-5-1-2-6-14(13)11-15/h1-11H,12H2,(H,20,21). The van der Waals surface area contributed by atoms with E-state index in [0.717, 1.165) is 16.3 Å². The number of halogens is 1. The van der Waals surface area contributed by atoms with Gasteiger partial charge in [0, 0.05) is 17.1 Å². The Labute approximate surface area is 128 Å². The first-order valence-electron chi connectivity index (χ1n) is 6.74. The van der Waals surface area contributed by atoms with E-state index in [1.165, 1.54) is 0 Å². The van der Waals surface area contributed by atoms with Crippen LogP contribution in [0.15, 0.2) is 66.7 Å². The minimum absolute atomic E-state index is 0.0966. The van der Waals surface area contributed by atoms with Crippen molar-refractivity contribution in [3.8, 4) is 0 Å². The van der Waals surface area contributed by atoms with Gasteiger partial charge in [-0.15, -0.1) is 0 Å². The van der Waals surface area contributed by atoms with Gasteiger partial charge in [-0.3, -0.25) is 4.79 Å². The van der Waals surface area contributed by atoms with E-state index in [-0.39, 0.29) is 5.91 Å². The van der Waals surface area contributed by atoms with Gasteiger partial charge >= 0.3 is 0 Å². The molecule has 104 valence electrons. The van der Waals surface area contributed by atoms with Crippen LogP contribution in [0.5, 0.6) is 0 Å². The highest BCUT2D eigenvalue weighted by molar-refractivity contribution is 6.31. The number of amides is 1. The monoisotopic (exact) mass is 295 g/mol. The number of hydrogen-bond acceptors (Lipinski definition) is 1. The van der Waals surface area contributed by atoms with E-state index in [0.29, 0.717) is 17.1 Å². The summed E-state index contributed by atoms with van der Waals surface area (Å²) in [6, 6.07) is 21.2. The van der Waals surface area contributed by atoms with Crippen LogP contribution in [0.25, 0.3) is 10.8 Å². The third kappa shape index (κ3) is 3.06. The molecule has 0 saturated heterocycles. The van der Waals surface area contributed by atoms with Crippen LogP contribution < -0.4 is 5.32 Å². The van der Waals surface area contributed by atoms with E-state index in [9.17, 15) is 4.79 Å². The number of rotatable bonds is 3. The second-order valence-electron chi connectivity index (χ2n) is 4.84. The Balaban J connectivity index is 1.76. The molecule has 3 aromatic carbocycles. The molecule has 0 bridgehead atoms. The smallest absolute Gasteiger partial charge is 0.251 e. The molecule has 3 rings (SSSR count). The third-order valence-corrected chi connectivity index (χ3v) is 3.78. The SMILES string of the molecule is O=C(NCc1ccccc1Cl)c1ccc2ccccc2c1. The van der Waals surface area contributed by atoms with Crippen LogP contribution in [0, 0.1) is 0 Å². The minimum Gasteiger partial charge on any atom is -0.348 e. The minimum atomic E-state index is -0.0966. The summed E-state index contributed by atoms with van der Waals surface area (Å²) < 4.78 is 0. The van der Waals surface area contributed by atoms with Gasteiger partial charge in [-0.05, 0) is 34.5 Å². The molecule has 1 amide bonds. The summed E-state index contributed by atoms with van der Waals surface area (Å²) in [6.45, 7) is 0.422. The molecule has 0 spiro atoms. The van der Waals surface area contributed by atoms with Crippen molar-refractivity contribution in [2.75, 3.05) is 0 Å². The molecule has 3 aromatic rings. The van der Waals surface area contributed by atoms with Crippen molar-refractivity contribution in [2.45, 2.75) is 6.54 Å². The normalized spacial score (nSPS) is 10.5. The zero-order chi connectivity index (χ0) is 14.7. The molecule has 0 aliphatic rings. The van der Waals surface area contributed by atoms with Crippen molar-refractivity contribution >= 4 is 28.3 Å². The first-order chi connectivity index (χ1) is 10.2. The lowest BCUT2D eigenvalue weighted by atomic mass is 10.1. The lowest BCUT2D eigenvalue weighted by molar-refractivity contribution is 0.0951. The zero-order valence-electron chi connectivity index (χ0n) is 11.3. The zero-order valence-corrected chi connectivity index (χ0v) is 12.1. The second-order valence-corrected chi connectivity index (χ2v) is 5.24. The molecule has 0 heterocycles. The number of carbonyl (C=O) groups excluding carboxylic acids is 1. The Hall–Kier alpha value is -2.32. The van der Waals surface area contributed by atoms with Gasteiger partial charge in [0.25, 0.3) is 5.91 Å². The highest BCUT2D eigenvalue weighted by Gasteiger charge is 2.07. The van der Waals surface area contributed by atoms with Crippen molar-refractivity contribution in [1.82, 2.24) is 5.32 Å². The second kappa shape index (κ2) is 5.98. The maximum absolute atomic E-state index is 12.2. The lowest BCUT2D eigenvalue weighted by Crippen LogP contribution is -2.22. The Morgan fingerprint density at radius 2 is 1.62 bits per heavy atom. The van der Waals surface area contributed by atoms with E-state index in [2.05, 4.69) is 5.32 Å². The van der Waals surface area contributed by atoms with Crippen molar-refractivity contribution in [2.24, 2.45) is 0 Å². The molecule has 0 atom stereocenters. The summed E-state index contributed by atoms with van der Waals surface area (Å²) >= 11 is 6.08. The maximum Gasteiger partial charge on any atom is 0.251 e. The average molecular weight is 296 g/mol.